The molecule has 1 heterocycles. The minimum Gasteiger partial charge on any atom is -0.455 e. The van der Waals surface area contributed by atoms with Crippen LogP contribution in [0.3, 0.4) is 0 Å². The number of nitrogens with zero attached hydrogens (tertiary/aromatic N) is 2. The predicted octanol–water partition coefficient (Wildman–Crippen LogP) is 2.23. The molecule has 0 unspecified atom stereocenters. The number of nitrogens with one attached hydrogen (secondary N) is 1. The summed E-state index contributed by atoms with van der Waals surface area (Å²) in [6.45, 7) is 1.73. The minimum absolute atomic E-state index is 0.0513. The van der Waals surface area contributed by atoms with Crippen LogP contribution in [0.4, 0.5) is 11.4 Å². The van der Waals surface area contributed by atoms with Crippen molar-refractivity contribution in [2.24, 2.45) is 5.92 Å². The monoisotopic (exact) mass is 423 g/mol. The van der Waals surface area contributed by atoms with Gasteiger partial charge in [-0.25, -0.2) is 0 Å². The Balaban J connectivity index is 1.49. The molecule has 8 nitrogen and oxygen atoms in total. The average molecular weight is 423 g/mol. The smallest absolute Gasteiger partial charge is 0.311 e. The fourth-order valence-electron chi connectivity index (χ4n) is 3.25. The quantitative estimate of drug-likeness (QED) is 0.719. The van der Waals surface area contributed by atoms with Crippen molar-refractivity contribution in [2.75, 3.05) is 37.5 Å². The van der Waals surface area contributed by atoms with Crippen molar-refractivity contribution in [3.8, 4) is 0 Å². The number of rotatable bonds is 6. The largest absolute Gasteiger partial charge is 0.455 e. The van der Waals surface area contributed by atoms with Gasteiger partial charge in [-0.1, -0.05) is 17.7 Å². The van der Waals surface area contributed by atoms with Gasteiger partial charge in [0.1, 0.15) is 0 Å². The molecule has 0 aromatic heterocycles. The molecule has 1 aliphatic rings. The van der Waals surface area contributed by atoms with Gasteiger partial charge in [-0.15, -0.1) is 0 Å². The van der Waals surface area contributed by atoms with Crippen LogP contribution in [0.15, 0.2) is 48.5 Å². The molecule has 162 valence electrons. The predicted molar refractivity (Wildman–Crippen MR) is 116 cm³/mol. The highest BCUT2D eigenvalue weighted by atomic mass is 16.5. The Bertz CT molecular complexity index is 983. The number of ether oxygens (including phenoxy) is 1. The highest BCUT2D eigenvalue weighted by Gasteiger charge is 2.36. The van der Waals surface area contributed by atoms with Crippen molar-refractivity contribution < 1.29 is 23.9 Å². The molecule has 3 rings (SSSR count). The molecule has 1 N–H and O–H groups in total. The Hall–Kier alpha value is -3.68. The van der Waals surface area contributed by atoms with Gasteiger partial charge in [-0.3, -0.25) is 19.2 Å². The van der Waals surface area contributed by atoms with E-state index in [2.05, 4.69) is 5.32 Å². The van der Waals surface area contributed by atoms with Crippen molar-refractivity contribution in [1.82, 2.24) is 4.90 Å². The first-order chi connectivity index (χ1) is 14.7. The second-order valence-corrected chi connectivity index (χ2v) is 7.67. The third-order valence-electron chi connectivity index (χ3n) is 4.97. The summed E-state index contributed by atoms with van der Waals surface area (Å²) in [5, 5.41) is 2.61. The molecule has 0 radical (unpaired) electrons. The first kappa shape index (κ1) is 22.0. The zero-order valence-electron chi connectivity index (χ0n) is 17.8. The van der Waals surface area contributed by atoms with Crippen LogP contribution < -0.4 is 10.2 Å². The van der Waals surface area contributed by atoms with E-state index in [-0.39, 0.29) is 24.8 Å². The molecule has 0 saturated carbocycles. The van der Waals surface area contributed by atoms with Crippen LogP contribution in [-0.4, -0.2) is 55.8 Å². The highest BCUT2D eigenvalue weighted by Crippen LogP contribution is 2.26. The molecule has 0 bridgehead atoms. The molecule has 1 aliphatic heterocycles. The topological polar surface area (TPSA) is 96.0 Å². The summed E-state index contributed by atoms with van der Waals surface area (Å²) in [7, 11) is 3.31. The van der Waals surface area contributed by atoms with E-state index in [1.165, 1.54) is 4.90 Å². The number of hydrogen-bond donors (Lipinski definition) is 1. The lowest BCUT2D eigenvalue weighted by molar-refractivity contribution is -0.151. The molecule has 2 aromatic carbocycles. The lowest BCUT2D eigenvalue weighted by Gasteiger charge is -2.16. The minimum atomic E-state index is -0.613. The fourth-order valence-corrected chi connectivity index (χ4v) is 3.25. The van der Waals surface area contributed by atoms with Crippen LogP contribution >= 0.6 is 0 Å². The van der Waals surface area contributed by atoms with E-state index in [9.17, 15) is 19.2 Å². The van der Waals surface area contributed by atoms with Crippen molar-refractivity contribution in [2.45, 2.75) is 13.3 Å². The second kappa shape index (κ2) is 9.42. The first-order valence-corrected chi connectivity index (χ1v) is 9.90. The molecule has 1 atom stereocenters. The summed E-state index contributed by atoms with van der Waals surface area (Å²) < 4.78 is 5.11. The molecule has 0 spiro atoms. The third-order valence-corrected chi connectivity index (χ3v) is 4.97. The standard InChI is InChI=1S/C23H25N3O5/c1-15-4-10-19(11-5-15)26-13-17(12-21(26)28)23(30)31-14-20(27)24-18-8-6-16(7-9-18)22(29)25(2)3/h4-11,17H,12-14H2,1-3H3,(H,24,27)/t17-/m0/s1. The zero-order valence-corrected chi connectivity index (χ0v) is 17.8. The molecule has 1 fully saturated rings. The Morgan fingerprint density at radius 3 is 2.32 bits per heavy atom. The molecule has 0 aliphatic carbocycles. The maximum atomic E-state index is 12.3. The number of hydrogen-bond acceptors (Lipinski definition) is 5. The summed E-state index contributed by atoms with van der Waals surface area (Å²) >= 11 is 0. The SMILES string of the molecule is Cc1ccc(N2C[C@@H](C(=O)OCC(=O)Nc3ccc(C(=O)N(C)C)cc3)CC2=O)cc1. The van der Waals surface area contributed by atoms with Gasteiger partial charge in [0.15, 0.2) is 6.61 Å². The van der Waals surface area contributed by atoms with E-state index in [1.54, 1.807) is 43.3 Å². The molecule has 3 amide bonds. The number of amides is 3. The van der Waals surface area contributed by atoms with Crippen LogP contribution in [0.1, 0.15) is 22.3 Å². The van der Waals surface area contributed by atoms with Gasteiger partial charge < -0.3 is 19.9 Å². The summed E-state index contributed by atoms with van der Waals surface area (Å²) in [6.07, 6.45) is 0.0513. The second-order valence-electron chi connectivity index (χ2n) is 7.67. The number of carbonyl (C=O) groups is 4. The molecule has 8 heteroatoms. The van der Waals surface area contributed by atoms with Gasteiger partial charge in [0.2, 0.25) is 5.91 Å². The van der Waals surface area contributed by atoms with E-state index < -0.39 is 24.4 Å². The lowest BCUT2D eigenvalue weighted by atomic mass is 10.1. The lowest BCUT2D eigenvalue weighted by Crippen LogP contribution is -2.28. The number of aryl methyl sites for hydroxylation is 1. The maximum Gasteiger partial charge on any atom is 0.311 e. The van der Waals surface area contributed by atoms with Gasteiger partial charge in [0.05, 0.1) is 5.92 Å². The Morgan fingerprint density at radius 1 is 1.06 bits per heavy atom. The highest BCUT2D eigenvalue weighted by molar-refractivity contribution is 6.00. The van der Waals surface area contributed by atoms with Gasteiger partial charge in [-0.2, -0.15) is 0 Å². The number of carbonyl (C=O) groups excluding carboxylic acids is 4. The van der Waals surface area contributed by atoms with E-state index in [0.717, 1.165) is 11.3 Å². The summed E-state index contributed by atoms with van der Waals surface area (Å²) in [5.74, 6) is -1.98. The van der Waals surface area contributed by atoms with Crippen molar-refractivity contribution >= 4 is 35.1 Å². The van der Waals surface area contributed by atoms with E-state index in [0.29, 0.717) is 11.3 Å². The van der Waals surface area contributed by atoms with Crippen LogP contribution in [0, 0.1) is 12.8 Å². The summed E-state index contributed by atoms with van der Waals surface area (Å²) in [4.78, 5) is 51.6. The van der Waals surface area contributed by atoms with Gasteiger partial charge in [0, 0.05) is 44.0 Å². The van der Waals surface area contributed by atoms with E-state index in [4.69, 9.17) is 4.74 Å². The molecule has 31 heavy (non-hydrogen) atoms. The van der Waals surface area contributed by atoms with Crippen LogP contribution in [0.2, 0.25) is 0 Å². The van der Waals surface area contributed by atoms with E-state index in [1.807, 2.05) is 31.2 Å². The van der Waals surface area contributed by atoms with Crippen LogP contribution in [0.25, 0.3) is 0 Å². The van der Waals surface area contributed by atoms with Crippen molar-refractivity contribution in [3.05, 3.63) is 59.7 Å². The zero-order chi connectivity index (χ0) is 22.5. The van der Waals surface area contributed by atoms with Gasteiger partial charge in [-0.05, 0) is 43.3 Å². The number of anilines is 2. The number of benzene rings is 2. The third kappa shape index (κ3) is 5.48. The van der Waals surface area contributed by atoms with Crippen molar-refractivity contribution in [3.63, 3.8) is 0 Å². The molecule has 2 aromatic rings. The summed E-state index contributed by atoms with van der Waals surface area (Å²) in [6, 6.07) is 13.9. The Kier molecular flexibility index (Phi) is 6.69. The summed E-state index contributed by atoms with van der Waals surface area (Å²) in [5.41, 5.74) is 2.80. The van der Waals surface area contributed by atoms with Gasteiger partial charge >= 0.3 is 5.97 Å². The fraction of sp³-hybridized carbons (Fsp3) is 0.304. The van der Waals surface area contributed by atoms with Crippen LogP contribution in [-0.2, 0) is 19.1 Å². The first-order valence-electron chi connectivity index (χ1n) is 9.90. The Labute approximate surface area is 180 Å². The Morgan fingerprint density at radius 2 is 1.71 bits per heavy atom. The average Bonchev–Trinajstić information content (AvgIpc) is 3.14. The van der Waals surface area contributed by atoms with E-state index >= 15 is 0 Å². The van der Waals surface area contributed by atoms with Crippen molar-refractivity contribution in [1.29, 1.82) is 0 Å². The molecule has 1 saturated heterocycles. The normalized spacial score (nSPS) is 15.5. The maximum absolute atomic E-state index is 12.3. The van der Waals surface area contributed by atoms with Gasteiger partial charge in [0.25, 0.3) is 11.8 Å². The molecular weight excluding hydrogens is 398 g/mol. The number of esters is 1. The molecular formula is C23H25N3O5. The van der Waals surface area contributed by atoms with Crippen LogP contribution in [0.5, 0.6) is 0 Å².